The van der Waals surface area contributed by atoms with Gasteiger partial charge in [0.25, 0.3) is 5.69 Å². The molecule has 0 atom stereocenters. The van der Waals surface area contributed by atoms with E-state index in [1.165, 1.54) is 12.1 Å². The predicted octanol–water partition coefficient (Wildman–Crippen LogP) is 4.17. The predicted molar refractivity (Wildman–Crippen MR) is 127 cm³/mol. The van der Waals surface area contributed by atoms with Crippen LogP contribution in [0.3, 0.4) is 0 Å². The van der Waals surface area contributed by atoms with E-state index >= 15 is 0 Å². The summed E-state index contributed by atoms with van der Waals surface area (Å²) in [7, 11) is 0. The lowest BCUT2D eigenvalue weighted by Gasteiger charge is -2.13. The molecular weight excluding hydrogens is 420 g/mol. The molecule has 0 saturated heterocycles. The van der Waals surface area contributed by atoms with E-state index in [0.717, 1.165) is 47.7 Å². The van der Waals surface area contributed by atoms with E-state index in [4.69, 9.17) is 4.42 Å². The summed E-state index contributed by atoms with van der Waals surface area (Å²) in [5, 5.41) is 17.5. The van der Waals surface area contributed by atoms with Gasteiger partial charge in [-0.1, -0.05) is 24.3 Å². The van der Waals surface area contributed by atoms with Crippen molar-refractivity contribution in [3.8, 4) is 0 Å². The molecule has 0 unspecified atom stereocenters. The van der Waals surface area contributed by atoms with Crippen LogP contribution in [0.15, 0.2) is 76.3 Å². The van der Waals surface area contributed by atoms with Crippen LogP contribution in [0.25, 0.3) is 11.0 Å². The van der Waals surface area contributed by atoms with E-state index in [0.29, 0.717) is 19.0 Å². The zero-order chi connectivity index (χ0) is 23.0. The summed E-state index contributed by atoms with van der Waals surface area (Å²) < 4.78 is 7.61. The molecule has 0 aliphatic heterocycles. The third kappa shape index (κ3) is 5.76. The number of hydrogen-bond acceptors (Lipinski definition) is 5. The van der Waals surface area contributed by atoms with Crippen LogP contribution in [0.1, 0.15) is 23.6 Å². The summed E-state index contributed by atoms with van der Waals surface area (Å²) >= 11 is 0. The van der Waals surface area contributed by atoms with Gasteiger partial charge in [-0.15, -0.1) is 0 Å². The minimum atomic E-state index is -0.407. The maximum absolute atomic E-state index is 10.8. The monoisotopic (exact) mass is 446 g/mol. The fraction of sp³-hybridized carbons (Fsp3) is 0.250. The number of hydrogen-bond donors (Lipinski definition) is 2. The van der Waals surface area contributed by atoms with Crippen molar-refractivity contribution in [1.82, 2.24) is 20.2 Å². The molecule has 9 heteroatoms. The van der Waals surface area contributed by atoms with Gasteiger partial charge in [0.1, 0.15) is 11.6 Å². The number of nitro groups is 1. The largest absolute Gasteiger partial charge is 0.467 e. The number of nitrogens with one attached hydrogen (secondary N) is 2. The van der Waals surface area contributed by atoms with Gasteiger partial charge in [0.15, 0.2) is 5.96 Å². The highest BCUT2D eigenvalue weighted by Crippen LogP contribution is 2.16. The Balaban J connectivity index is 1.36. The summed E-state index contributed by atoms with van der Waals surface area (Å²) in [5.41, 5.74) is 3.10. The fourth-order valence-corrected chi connectivity index (χ4v) is 3.57. The number of imidazole rings is 1. The second kappa shape index (κ2) is 10.4. The molecule has 2 heterocycles. The Morgan fingerprint density at radius 1 is 1.12 bits per heavy atom. The average molecular weight is 447 g/mol. The smallest absolute Gasteiger partial charge is 0.269 e. The molecule has 0 spiro atoms. The number of furan rings is 1. The van der Waals surface area contributed by atoms with Gasteiger partial charge in [-0.2, -0.15) is 0 Å². The van der Waals surface area contributed by atoms with Crippen molar-refractivity contribution in [2.24, 2.45) is 4.99 Å². The first-order valence-corrected chi connectivity index (χ1v) is 10.8. The lowest BCUT2D eigenvalue weighted by molar-refractivity contribution is -0.384. The lowest BCUT2D eigenvalue weighted by Crippen LogP contribution is -2.37. The summed E-state index contributed by atoms with van der Waals surface area (Å²) in [6, 6.07) is 18.3. The van der Waals surface area contributed by atoms with Gasteiger partial charge in [-0.3, -0.25) is 10.1 Å². The third-order valence-electron chi connectivity index (χ3n) is 5.27. The average Bonchev–Trinajstić information content (AvgIpc) is 3.45. The number of benzene rings is 2. The van der Waals surface area contributed by atoms with Crippen molar-refractivity contribution in [3.05, 3.63) is 94.2 Å². The van der Waals surface area contributed by atoms with Crippen molar-refractivity contribution in [2.45, 2.75) is 33.0 Å². The number of nitro benzene ring substituents is 1. The Hall–Kier alpha value is -4.14. The van der Waals surface area contributed by atoms with Crippen molar-refractivity contribution in [1.29, 1.82) is 0 Å². The van der Waals surface area contributed by atoms with Crippen molar-refractivity contribution >= 4 is 22.7 Å². The number of nitrogens with zero attached hydrogens (tertiary/aromatic N) is 4. The molecule has 2 N–H and O–H groups in total. The van der Waals surface area contributed by atoms with Gasteiger partial charge in [0, 0.05) is 25.2 Å². The number of fused-ring (bicyclic) bond motifs is 1. The number of rotatable bonds is 9. The number of aryl methyl sites for hydroxylation is 2. The van der Waals surface area contributed by atoms with E-state index in [9.17, 15) is 10.1 Å². The molecule has 0 radical (unpaired) electrons. The zero-order valence-corrected chi connectivity index (χ0v) is 18.4. The molecule has 0 aliphatic rings. The molecular formula is C24H26N6O3. The third-order valence-corrected chi connectivity index (χ3v) is 5.27. The minimum Gasteiger partial charge on any atom is -0.467 e. The Morgan fingerprint density at radius 3 is 2.70 bits per heavy atom. The first-order chi connectivity index (χ1) is 16.1. The molecule has 0 fully saturated rings. The van der Waals surface area contributed by atoms with E-state index in [2.05, 4.69) is 31.2 Å². The van der Waals surface area contributed by atoms with Crippen molar-refractivity contribution in [2.75, 3.05) is 6.54 Å². The second-order valence-electron chi connectivity index (χ2n) is 7.60. The maximum atomic E-state index is 10.8. The summed E-state index contributed by atoms with van der Waals surface area (Å²) in [6.07, 6.45) is 2.52. The Bertz CT molecular complexity index is 1230. The van der Waals surface area contributed by atoms with Crippen LogP contribution in [-0.4, -0.2) is 27.0 Å². The van der Waals surface area contributed by atoms with Crippen LogP contribution in [0, 0.1) is 17.0 Å². The summed E-state index contributed by atoms with van der Waals surface area (Å²) in [6.45, 7) is 4.49. The van der Waals surface area contributed by atoms with Crippen LogP contribution in [0.4, 0.5) is 5.69 Å². The molecule has 2 aromatic carbocycles. The minimum absolute atomic E-state index is 0.0688. The molecule has 170 valence electrons. The van der Waals surface area contributed by atoms with Crippen LogP contribution in [0.5, 0.6) is 0 Å². The van der Waals surface area contributed by atoms with Gasteiger partial charge in [-0.25, -0.2) is 9.98 Å². The number of aliphatic imine (C=N–C) groups is 1. The summed E-state index contributed by atoms with van der Waals surface area (Å²) in [4.78, 5) is 19.7. The Labute approximate surface area is 191 Å². The molecule has 0 saturated carbocycles. The topological polar surface area (TPSA) is 111 Å². The normalized spacial score (nSPS) is 11.6. The highest BCUT2D eigenvalue weighted by Gasteiger charge is 2.07. The molecule has 9 nitrogen and oxygen atoms in total. The molecule has 4 aromatic rings. The zero-order valence-electron chi connectivity index (χ0n) is 18.4. The number of aromatic nitrogens is 2. The molecule has 33 heavy (non-hydrogen) atoms. The number of para-hydroxylation sites is 2. The molecule has 0 bridgehead atoms. The van der Waals surface area contributed by atoms with E-state index < -0.39 is 4.92 Å². The van der Waals surface area contributed by atoms with Gasteiger partial charge in [-0.05, 0) is 43.2 Å². The summed E-state index contributed by atoms with van der Waals surface area (Å²) in [5.74, 6) is 2.46. The van der Waals surface area contributed by atoms with Crippen molar-refractivity contribution < 1.29 is 9.34 Å². The fourth-order valence-electron chi connectivity index (χ4n) is 3.57. The first-order valence-electron chi connectivity index (χ1n) is 10.8. The van der Waals surface area contributed by atoms with Gasteiger partial charge in [0.05, 0.1) is 35.3 Å². The SMILES string of the molecule is Cc1nc2ccccc2n1CCCNC(=NCc1ccc([N+](=O)[O-])cc1)NCc1ccco1. The molecule has 0 amide bonds. The highest BCUT2D eigenvalue weighted by molar-refractivity contribution is 5.79. The lowest BCUT2D eigenvalue weighted by atomic mass is 10.2. The second-order valence-corrected chi connectivity index (χ2v) is 7.60. The first kappa shape index (κ1) is 22.1. The molecule has 0 aliphatic carbocycles. The highest BCUT2D eigenvalue weighted by atomic mass is 16.6. The molecule has 4 rings (SSSR count). The number of non-ortho nitro benzene ring substituents is 1. The van der Waals surface area contributed by atoms with Gasteiger partial charge in [0.2, 0.25) is 0 Å². The van der Waals surface area contributed by atoms with Crippen molar-refractivity contribution in [3.63, 3.8) is 0 Å². The van der Waals surface area contributed by atoms with E-state index in [1.54, 1.807) is 18.4 Å². The Kier molecular flexibility index (Phi) is 6.99. The van der Waals surface area contributed by atoms with Crippen LogP contribution >= 0.6 is 0 Å². The van der Waals surface area contributed by atoms with E-state index in [-0.39, 0.29) is 5.69 Å². The maximum Gasteiger partial charge on any atom is 0.269 e. The quantitative estimate of drug-likeness (QED) is 0.131. The Morgan fingerprint density at radius 2 is 1.94 bits per heavy atom. The molecule has 2 aromatic heterocycles. The van der Waals surface area contributed by atoms with Crippen LogP contribution < -0.4 is 10.6 Å². The number of guanidine groups is 1. The van der Waals surface area contributed by atoms with Crippen LogP contribution in [0.2, 0.25) is 0 Å². The van der Waals surface area contributed by atoms with Crippen LogP contribution in [-0.2, 0) is 19.6 Å². The van der Waals surface area contributed by atoms with Gasteiger partial charge < -0.3 is 19.6 Å². The van der Waals surface area contributed by atoms with E-state index in [1.807, 2.05) is 37.3 Å². The van der Waals surface area contributed by atoms with Gasteiger partial charge >= 0.3 is 0 Å². The standard InChI is InChI=1S/C24H26N6O3/c1-18-28-22-7-2-3-8-23(22)29(18)14-5-13-25-24(27-17-21-6-4-15-33-21)26-16-19-9-11-20(12-10-19)30(31)32/h2-4,6-12,15H,5,13-14,16-17H2,1H3,(H2,25,26,27).